The summed E-state index contributed by atoms with van der Waals surface area (Å²) >= 11 is 10.1. The van der Waals surface area contributed by atoms with E-state index < -0.39 is 23.0 Å². The zero-order chi connectivity index (χ0) is 29.9. The zero-order valence-corrected chi connectivity index (χ0v) is 26.0. The lowest BCUT2D eigenvalue weighted by molar-refractivity contribution is -0.173. The van der Waals surface area contributed by atoms with Crippen LogP contribution in [0.4, 0.5) is 5.69 Å². The molecule has 220 valence electrons. The number of ether oxygens (including phenoxy) is 1. The second kappa shape index (κ2) is 12.6. The summed E-state index contributed by atoms with van der Waals surface area (Å²) in [7, 11) is 1.75. The number of nitrogens with zero attached hydrogens (tertiary/aromatic N) is 1. The van der Waals surface area contributed by atoms with Crippen LogP contribution in [0.1, 0.15) is 71.4 Å². The number of para-hydroxylation sites is 1. The van der Waals surface area contributed by atoms with Crippen LogP contribution in [0.25, 0.3) is 11.1 Å². The predicted octanol–water partition coefficient (Wildman–Crippen LogP) is 7.39. The van der Waals surface area contributed by atoms with Gasteiger partial charge in [-0.25, -0.2) is 0 Å². The highest BCUT2D eigenvalue weighted by molar-refractivity contribution is 6.43. The molecule has 2 aliphatic carbocycles. The Bertz CT molecular complexity index is 1300. The van der Waals surface area contributed by atoms with Gasteiger partial charge in [0, 0.05) is 12.6 Å². The first-order chi connectivity index (χ1) is 19.3. The van der Waals surface area contributed by atoms with Gasteiger partial charge in [-0.05, 0) is 70.1 Å². The molecule has 2 amide bonds. The summed E-state index contributed by atoms with van der Waals surface area (Å²) in [5, 5.41) is 3.12. The molecule has 0 saturated heterocycles. The van der Waals surface area contributed by atoms with Crippen molar-refractivity contribution in [3.05, 3.63) is 66.2 Å². The monoisotopic (exact) mass is 598 g/mol. The number of carbonyl (C=O) groups excluding carboxylic acids is 3. The quantitative estimate of drug-likeness (QED) is 0.213. The maximum absolute atomic E-state index is 14.2. The number of benzene rings is 2. The molecule has 1 aliphatic heterocycles. The molecule has 6 nitrogen and oxygen atoms in total. The van der Waals surface area contributed by atoms with Gasteiger partial charge in [-0.1, -0.05) is 67.5 Å². The van der Waals surface area contributed by atoms with Gasteiger partial charge >= 0.3 is 5.97 Å². The van der Waals surface area contributed by atoms with Crippen LogP contribution in [0.2, 0.25) is 0 Å². The number of likely N-dealkylation sites (N-methyl/N-ethyl adjacent to an activating group) is 1. The van der Waals surface area contributed by atoms with Gasteiger partial charge in [-0.3, -0.25) is 14.4 Å². The number of carbonyl (C=O) groups is 3. The van der Waals surface area contributed by atoms with Crippen molar-refractivity contribution in [1.82, 2.24) is 5.32 Å². The minimum absolute atomic E-state index is 0.202. The Morgan fingerprint density at radius 3 is 2.17 bits per heavy atom. The molecule has 2 atom stereocenters. The topological polar surface area (TPSA) is 75.7 Å². The summed E-state index contributed by atoms with van der Waals surface area (Å²) in [6, 6.07) is 14.7. The molecule has 1 unspecified atom stereocenters. The second-order valence-electron chi connectivity index (χ2n) is 12.2. The first-order valence-corrected chi connectivity index (χ1v) is 15.1. The number of alkyl halides is 2. The van der Waals surface area contributed by atoms with Crippen molar-refractivity contribution in [2.24, 2.45) is 17.3 Å². The van der Waals surface area contributed by atoms with Crippen LogP contribution in [-0.4, -0.2) is 35.3 Å². The fourth-order valence-corrected chi connectivity index (χ4v) is 5.73. The summed E-state index contributed by atoms with van der Waals surface area (Å²) in [4.78, 5) is 43.0. The first kappa shape index (κ1) is 31.1. The molecule has 1 saturated carbocycles. The van der Waals surface area contributed by atoms with Crippen LogP contribution in [0.15, 0.2) is 60.7 Å². The lowest BCUT2D eigenvalue weighted by atomic mass is 9.70. The number of allylic oxidation sites excluding steroid dienone is 2. The molecule has 0 aromatic heterocycles. The summed E-state index contributed by atoms with van der Waals surface area (Å²) in [6.07, 6.45) is 7.63. The summed E-state index contributed by atoms with van der Waals surface area (Å²) in [5.41, 5.74) is 1.82. The Morgan fingerprint density at radius 1 is 1.02 bits per heavy atom. The number of anilines is 1. The molecule has 5 rings (SSSR count). The largest absolute Gasteiger partial charge is 0.460 e. The molecule has 1 N–H and O–H groups in total. The minimum Gasteiger partial charge on any atom is -0.460 e. The molecule has 41 heavy (non-hydrogen) atoms. The molecule has 1 heterocycles. The van der Waals surface area contributed by atoms with Crippen molar-refractivity contribution in [3.8, 4) is 11.1 Å². The molecule has 1 fully saturated rings. The van der Waals surface area contributed by atoms with E-state index in [1.54, 1.807) is 18.9 Å². The van der Waals surface area contributed by atoms with Crippen LogP contribution in [-0.2, 0) is 19.1 Å². The second-order valence-corrected chi connectivity index (χ2v) is 13.8. The van der Waals surface area contributed by atoms with Crippen LogP contribution >= 0.6 is 23.2 Å². The minimum atomic E-state index is -0.956. The van der Waals surface area contributed by atoms with Gasteiger partial charge < -0.3 is 15.0 Å². The molecule has 0 bridgehead atoms. The summed E-state index contributed by atoms with van der Waals surface area (Å²) in [5.74, 6) is -0.955. The fraction of sp³-hybridized carbons (Fsp3) is 0.485. The van der Waals surface area contributed by atoms with Gasteiger partial charge in [-0.15, -0.1) is 23.2 Å². The number of fused-ring (bicyclic) bond motifs is 3. The number of hydrogen-bond donors (Lipinski definition) is 1. The Kier molecular flexibility index (Phi) is 9.55. The number of nitrogens with one attached hydrogen (secondary N) is 1. The maximum Gasteiger partial charge on any atom is 0.314 e. The van der Waals surface area contributed by atoms with E-state index in [2.05, 4.69) is 5.32 Å². The van der Waals surface area contributed by atoms with E-state index in [9.17, 15) is 14.4 Å². The molecule has 3 aliphatic rings. The van der Waals surface area contributed by atoms with E-state index >= 15 is 0 Å². The highest BCUT2D eigenvalue weighted by atomic mass is 35.5. The smallest absolute Gasteiger partial charge is 0.314 e. The van der Waals surface area contributed by atoms with Gasteiger partial charge in [0.05, 0.1) is 17.0 Å². The van der Waals surface area contributed by atoms with Crippen molar-refractivity contribution in [2.45, 2.75) is 76.3 Å². The van der Waals surface area contributed by atoms with Crippen molar-refractivity contribution >= 4 is 46.7 Å². The third-order valence-electron chi connectivity index (χ3n) is 7.88. The summed E-state index contributed by atoms with van der Waals surface area (Å²) in [6.45, 7) is 7.26. The van der Waals surface area contributed by atoms with Crippen LogP contribution in [0.5, 0.6) is 0 Å². The Balaban J connectivity index is 0.000000909. The van der Waals surface area contributed by atoms with Gasteiger partial charge in [-0.2, -0.15) is 0 Å². The Morgan fingerprint density at radius 2 is 1.59 bits per heavy atom. The van der Waals surface area contributed by atoms with Gasteiger partial charge in [0.2, 0.25) is 5.91 Å². The lowest BCUT2D eigenvalue weighted by Gasteiger charge is -2.37. The molecule has 8 heteroatoms. The van der Waals surface area contributed by atoms with Crippen LogP contribution in [0.3, 0.4) is 0 Å². The van der Waals surface area contributed by atoms with E-state index in [0.717, 1.165) is 35.2 Å². The van der Waals surface area contributed by atoms with E-state index in [4.69, 9.17) is 27.9 Å². The fourth-order valence-electron chi connectivity index (χ4n) is 5.73. The van der Waals surface area contributed by atoms with Crippen LogP contribution < -0.4 is 10.2 Å². The van der Waals surface area contributed by atoms with Crippen molar-refractivity contribution in [2.75, 3.05) is 11.9 Å². The van der Waals surface area contributed by atoms with Gasteiger partial charge in [0.25, 0.3) is 5.91 Å². The average molecular weight is 600 g/mol. The van der Waals surface area contributed by atoms with E-state index in [1.807, 2.05) is 81.5 Å². The van der Waals surface area contributed by atoms with Crippen LogP contribution in [0, 0.1) is 17.3 Å². The highest BCUT2D eigenvalue weighted by Gasteiger charge is 2.53. The van der Waals surface area contributed by atoms with E-state index in [1.165, 1.54) is 0 Å². The Hall–Kier alpha value is -2.83. The van der Waals surface area contributed by atoms with Crippen molar-refractivity contribution < 1.29 is 19.1 Å². The zero-order valence-electron chi connectivity index (χ0n) is 24.5. The van der Waals surface area contributed by atoms with Crippen molar-refractivity contribution in [1.29, 1.82) is 0 Å². The van der Waals surface area contributed by atoms with Gasteiger partial charge in [0.1, 0.15) is 16.5 Å². The van der Waals surface area contributed by atoms with Gasteiger partial charge in [0.15, 0.2) is 0 Å². The molecule has 0 spiro atoms. The maximum atomic E-state index is 14.2. The number of rotatable bonds is 6. The standard InChI is InChI=1S/C31H36N2O4.C2H4Cl2/c1-30(2,3)37-29(36)31(17-9-10-18-31)24(19-20-15-16-20)27(34)32-26-23-13-6-5-11-21(23)22-12-7-8-14-25(22)33(4)28(26)35;1-2(3)4/h5-14,20,24,26H,15-19H2,1-4H3,(H,32,34);2H,1H3/t24-,26?;/m0./s1. The molecule has 2 aromatic rings. The summed E-state index contributed by atoms with van der Waals surface area (Å²) < 4.78 is 5.87. The lowest BCUT2D eigenvalue weighted by Crippen LogP contribution is -2.50. The molecule has 2 aromatic carbocycles. The Labute approximate surface area is 253 Å². The van der Waals surface area contributed by atoms with E-state index in [0.29, 0.717) is 25.2 Å². The molecule has 0 radical (unpaired) electrons. The highest BCUT2D eigenvalue weighted by Crippen LogP contribution is 2.49. The third kappa shape index (κ3) is 7.15. The average Bonchev–Trinajstić information content (AvgIpc) is 3.61. The predicted molar refractivity (Wildman–Crippen MR) is 165 cm³/mol. The van der Waals surface area contributed by atoms with Crippen molar-refractivity contribution in [3.63, 3.8) is 0 Å². The number of hydrogen-bond acceptors (Lipinski definition) is 4. The normalized spacial score (nSPS) is 19.9. The number of esters is 1. The molecular weight excluding hydrogens is 559 g/mol. The number of amides is 2. The van der Waals surface area contributed by atoms with E-state index in [-0.39, 0.29) is 22.6 Å². The molecular formula is C33H40Cl2N2O4. The number of halogens is 2. The SMILES string of the molecule is CC(Cl)Cl.CN1C(=O)C(NC(=O)[C@H](CC2CC2)C2(C(=O)OC(C)(C)C)CC=CC2)c2ccccc2-c2ccccc21. The first-order valence-electron chi connectivity index (χ1n) is 14.3. The third-order valence-corrected chi connectivity index (χ3v) is 7.88.